The Bertz CT molecular complexity index is 979. The average molecular weight is 382 g/mol. The molecule has 0 atom stereocenters. The Balaban J connectivity index is 2.43. The number of benzene rings is 1. The monoisotopic (exact) mass is 382 g/mol. The minimum absolute atomic E-state index is 0.0289. The van der Waals surface area contributed by atoms with Crippen LogP contribution in [0.25, 0.3) is 6.08 Å². The summed E-state index contributed by atoms with van der Waals surface area (Å²) in [5.74, 6) is -0.823. The first-order valence-corrected chi connectivity index (χ1v) is 8.82. The minimum Gasteiger partial charge on any atom is -0.504 e. The van der Waals surface area contributed by atoms with Crippen LogP contribution in [0.5, 0.6) is 11.5 Å². The number of phenols is 1. The molecular formula is C21H22N2O5. The van der Waals surface area contributed by atoms with Gasteiger partial charge in [0.1, 0.15) is 11.6 Å². The molecule has 0 amide bonds. The maximum atomic E-state index is 12.9. The molecule has 0 fully saturated rings. The van der Waals surface area contributed by atoms with E-state index < -0.39 is 11.8 Å². The smallest absolute Gasteiger partial charge is 0.340 e. The zero-order valence-electron chi connectivity index (χ0n) is 16.3. The zero-order valence-corrected chi connectivity index (χ0v) is 16.3. The summed E-state index contributed by atoms with van der Waals surface area (Å²) in [5.41, 5.74) is 1.80. The Morgan fingerprint density at radius 1 is 1.25 bits per heavy atom. The quantitative estimate of drug-likeness (QED) is 0.327. The minimum atomic E-state index is -0.537. The second-order valence-electron chi connectivity index (χ2n) is 6.00. The first kappa shape index (κ1) is 20.8. The lowest BCUT2D eigenvalue weighted by molar-refractivity contribution is 0.0525. The highest BCUT2D eigenvalue weighted by Crippen LogP contribution is 2.28. The molecule has 0 aliphatic carbocycles. The van der Waals surface area contributed by atoms with Gasteiger partial charge in [0, 0.05) is 5.69 Å². The van der Waals surface area contributed by atoms with E-state index in [0.29, 0.717) is 29.0 Å². The Kier molecular flexibility index (Phi) is 6.61. The lowest BCUT2D eigenvalue weighted by Crippen LogP contribution is -2.08. The number of hydrogen-bond donors (Lipinski definition) is 2. The van der Waals surface area contributed by atoms with Gasteiger partial charge in [0.15, 0.2) is 11.5 Å². The van der Waals surface area contributed by atoms with E-state index in [1.165, 1.54) is 12.1 Å². The van der Waals surface area contributed by atoms with Crippen molar-refractivity contribution < 1.29 is 24.2 Å². The third-order valence-corrected chi connectivity index (χ3v) is 4.10. The molecule has 0 saturated carbocycles. The van der Waals surface area contributed by atoms with Gasteiger partial charge in [-0.15, -0.1) is 0 Å². The Labute approximate surface area is 163 Å². The predicted octanol–water partition coefficient (Wildman–Crippen LogP) is 3.70. The summed E-state index contributed by atoms with van der Waals surface area (Å²) in [4.78, 5) is 27.9. The van der Waals surface area contributed by atoms with E-state index >= 15 is 0 Å². The third-order valence-electron chi connectivity index (χ3n) is 4.10. The van der Waals surface area contributed by atoms with Crippen LogP contribution in [0.15, 0.2) is 23.8 Å². The van der Waals surface area contributed by atoms with Gasteiger partial charge in [-0.25, -0.2) is 4.79 Å². The number of allylic oxidation sites excluding steroid dienone is 1. The number of esters is 1. The number of ether oxygens (including phenoxy) is 2. The number of nitrogens with one attached hydrogen (secondary N) is 1. The van der Waals surface area contributed by atoms with Gasteiger partial charge >= 0.3 is 5.97 Å². The van der Waals surface area contributed by atoms with Crippen LogP contribution >= 0.6 is 0 Å². The standard InChI is InChI=1S/C21H22N2O5/c1-5-27-17-10-14(7-8-16(17)24)9-15(11-22)20(25)19-12(3)18(13(4)23-19)21(26)28-6-2/h7-10,23-24H,5-6H2,1-4H3/b15-9+. The molecule has 0 spiro atoms. The molecule has 2 aromatic rings. The van der Waals surface area contributed by atoms with Gasteiger partial charge < -0.3 is 19.6 Å². The second kappa shape index (κ2) is 8.91. The van der Waals surface area contributed by atoms with E-state index in [4.69, 9.17) is 9.47 Å². The van der Waals surface area contributed by atoms with Crippen molar-refractivity contribution in [2.75, 3.05) is 13.2 Å². The molecule has 7 heteroatoms. The fraction of sp³-hybridized carbons (Fsp3) is 0.286. The maximum Gasteiger partial charge on any atom is 0.340 e. The summed E-state index contributed by atoms with van der Waals surface area (Å²) in [6, 6.07) is 6.44. The second-order valence-corrected chi connectivity index (χ2v) is 6.00. The highest BCUT2D eigenvalue weighted by molar-refractivity contribution is 6.15. The number of nitrogens with zero attached hydrogens (tertiary/aromatic N) is 1. The molecule has 1 heterocycles. The molecule has 7 nitrogen and oxygen atoms in total. The highest BCUT2D eigenvalue weighted by atomic mass is 16.5. The summed E-state index contributed by atoms with van der Waals surface area (Å²) in [6.07, 6.45) is 1.41. The molecule has 0 saturated heterocycles. The van der Waals surface area contributed by atoms with Crippen LogP contribution in [0, 0.1) is 25.2 Å². The number of aromatic nitrogens is 1. The topological polar surface area (TPSA) is 112 Å². The van der Waals surface area contributed by atoms with E-state index in [2.05, 4.69) is 4.98 Å². The Morgan fingerprint density at radius 3 is 2.57 bits per heavy atom. The van der Waals surface area contributed by atoms with Crippen LogP contribution in [-0.4, -0.2) is 35.1 Å². The van der Waals surface area contributed by atoms with Gasteiger partial charge in [-0.3, -0.25) is 4.79 Å². The molecule has 0 aliphatic rings. The van der Waals surface area contributed by atoms with Crippen LogP contribution in [0.2, 0.25) is 0 Å². The lowest BCUT2D eigenvalue weighted by atomic mass is 10.0. The molecule has 2 rings (SSSR count). The van der Waals surface area contributed by atoms with Crippen LogP contribution in [-0.2, 0) is 4.74 Å². The molecule has 0 radical (unpaired) electrons. The fourth-order valence-corrected chi connectivity index (χ4v) is 2.83. The largest absolute Gasteiger partial charge is 0.504 e. The number of aryl methyl sites for hydroxylation is 1. The van der Waals surface area contributed by atoms with Crippen molar-refractivity contribution in [3.05, 3.63) is 51.9 Å². The molecule has 0 bridgehead atoms. The number of ketones is 1. The molecule has 0 aliphatic heterocycles. The fourth-order valence-electron chi connectivity index (χ4n) is 2.83. The third kappa shape index (κ3) is 4.23. The summed E-state index contributed by atoms with van der Waals surface area (Å²) in [6.45, 7) is 7.36. The van der Waals surface area contributed by atoms with E-state index in [-0.39, 0.29) is 29.4 Å². The number of aromatic hydroxyl groups is 1. The summed E-state index contributed by atoms with van der Waals surface area (Å²) in [7, 11) is 0. The summed E-state index contributed by atoms with van der Waals surface area (Å²) in [5, 5.41) is 19.3. The molecule has 0 unspecified atom stereocenters. The number of phenolic OH excluding ortho intramolecular Hbond substituents is 1. The van der Waals surface area contributed by atoms with Gasteiger partial charge in [-0.1, -0.05) is 6.07 Å². The van der Waals surface area contributed by atoms with Crippen LogP contribution in [0.1, 0.15) is 51.5 Å². The van der Waals surface area contributed by atoms with Crippen LogP contribution in [0.3, 0.4) is 0 Å². The molecule has 2 N–H and O–H groups in total. The summed E-state index contributed by atoms with van der Waals surface area (Å²) < 4.78 is 10.3. The first-order chi connectivity index (χ1) is 13.3. The van der Waals surface area contributed by atoms with Gasteiger partial charge in [0.25, 0.3) is 0 Å². The number of H-pyrrole nitrogens is 1. The Morgan fingerprint density at radius 2 is 1.96 bits per heavy atom. The zero-order chi connectivity index (χ0) is 20.8. The van der Waals surface area contributed by atoms with E-state index in [1.807, 2.05) is 6.07 Å². The lowest BCUT2D eigenvalue weighted by Gasteiger charge is -2.06. The van der Waals surface area contributed by atoms with Crippen molar-refractivity contribution in [1.82, 2.24) is 4.98 Å². The van der Waals surface area contributed by atoms with Crippen molar-refractivity contribution in [2.45, 2.75) is 27.7 Å². The molecule has 146 valence electrons. The predicted molar refractivity (Wildman–Crippen MR) is 103 cm³/mol. The van der Waals surface area contributed by atoms with Gasteiger partial charge in [-0.05, 0) is 57.0 Å². The number of carbonyl (C=O) groups is 2. The van der Waals surface area contributed by atoms with E-state index in [9.17, 15) is 20.0 Å². The van der Waals surface area contributed by atoms with Crippen molar-refractivity contribution in [3.63, 3.8) is 0 Å². The van der Waals surface area contributed by atoms with Crippen LogP contribution in [0.4, 0.5) is 0 Å². The molecule has 1 aromatic heterocycles. The van der Waals surface area contributed by atoms with Crippen molar-refractivity contribution >= 4 is 17.8 Å². The van der Waals surface area contributed by atoms with Crippen molar-refractivity contribution in [1.29, 1.82) is 5.26 Å². The van der Waals surface area contributed by atoms with Gasteiger partial charge in [-0.2, -0.15) is 5.26 Å². The normalized spacial score (nSPS) is 11.0. The SMILES string of the molecule is CCOC(=O)c1c(C)[nH]c(C(=O)/C(C#N)=C/c2ccc(O)c(OCC)c2)c1C. The van der Waals surface area contributed by atoms with Crippen molar-refractivity contribution in [3.8, 4) is 17.6 Å². The number of nitriles is 1. The van der Waals surface area contributed by atoms with Gasteiger partial charge in [0.05, 0.1) is 24.5 Å². The first-order valence-electron chi connectivity index (χ1n) is 8.82. The number of carbonyl (C=O) groups excluding carboxylic acids is 2. The molecule has 28 heavy (non-hydrogen) atoms. The molecular weight excluding hydrogens is 360 g/mol. The van der Waals surface area contributed by atoms with Crippen molar-refractivity contribution in [2.24, 2.45) is 0 Å². The molecule has 1 aromatic carbocycles. The van der Waals surface area contributed by atoms with Crippen LogP contribution < -0.4 is 4.74 Å². The average Bonchev–Trinajstić information content (AvgIpc) is 2.96. The number of aromatic amines is 1. The Hall–Kier alpha value is -3.53. The number of Topliss-reactive ketones (excluding diaryl/α,β-unsaturated/α-hetero) is 1. The van der Waals surface area contributed by atoms with E-state index in [1.54, 1.807) is 39.8 Å². The number of rotatable bonds is 7. The summed E-state index contributed by atoms with van der Waals surface area (Å²) >= 11 is 0. The van der Waals surface area contributed by atoms with Gasteiger partial charge in [0.2, 0.25) is 5.78 Å². The van der Waals surface area contributed by atoms with E-state index in [0.717, 1.165) is 0 Å². The number of hydrogen-bond acceptors (Lipinski definition) is 6. The highest BCUT2D eigenvalue weighted by Gasteiger charge is 2.24. The maximum absolute atomic E-state index is 12.9.